The molecule has 0 saturated heterocycles. The molecule has 0 radical (unpaired) electrons. The summed E-state index contributed by atoms with van der Waals surface area (Å²) in [5.41, 5.74) is -0.172. The molecule has 6 heteroatoms. The molecule has 0 unspecified atom stereocenters. The van der Waals surface area contributed by atoms with E-state index >= 15 is 0 Å². The molecule has 1 aliphatic rings. The van der Waals surface area contributed by atoms with Crippen LogP contribution in [0.1, 0.15) is 42.5 Å². The molecule has 2 aromatic heterocycles. The first-order valence-electron chi connectivity index (χ1n) is 6.99. The summed E-state index contributed by atoms with van der Waals surface area (Å²) < 4.78 is 1.42. The zero-order chi connectivity index (χ0) is 13.9. The van der Waals surface area contributed by atoms with Crippen molar-refractivity contribution in [1.29, 1.82) is 0 Å². The highest BCUT2D eigenvalue weighted by molar-refractivity contribution is 7.15. The van der Waals surface area contributed by atoms with E-state index in [-0.39, 0.29) is 17.0 Å². The fraction of sp³-hybridized carbons (Fsp3) is 0.500. The van der Waals surface area contributed by atoms with E-state index in [1.807, 2.05) is 0 Å². The Morgan fingerprint density at radius 1 is 1.40 bits per heavy atom. The van der Waals surface area contributed by atoms with Crippen LogP contribution >= 0.6 is 11.3 Å². The van der Waals surface area contributed by atoms with E-state index in [0.29, 0.717) is 17.4 Å². The molecule has 0 atom stereocenters. The Hall–Kier alpha value is -1.69. The number of nitrogens with one attached hydrogen (secondary N) is 1. The monoisotopic (exact) mass is 291 g/mol. The average Bonchev–Trinajstić information content (AvgIpc) is 2.96. The number of amides is 1. The van der Waals surface area contributed by atoms with Gasteiger partial charge in [-0.15, -0.1) is 11.3 Å². The van der Waals surface area contributed by atoms with E-state index in [4.69, 9.17) is 0 Å². The van der Waals surface area contributed by atoms with Gasteiger partial charge in [0.2, 0.25) is 0 Å². The molecule has 1 amide bonds. The Morgan fingerprint density at radius 3 is 3.00 bits per heavy atom. The van der Waals surface area contributed by atoms with E-state index in [1.54, 1.807) is 11.6 Å². The normalized spacial score (nSPS) is 16.4. The molecule has 106 valence electrons. The average molecular weight is 291 g/mol. The molecule has 0 aliphatic heterocycles. The lowest BCUT2D eigenvalue weighted by atomic mass is 9.89. The minimum atomic E-state index is -0.311. The van der Waals surface area contributed by atoms with Gasteiger partial charge in [0.15, 0.2) is 4.96 Å². The second-order valence-corrected chi connectivity index (χ2v) is 6.12. The summed E-state index contributed by atoms with van der Waals surface area (Å²) in [5, 5.41) is 4.66. The highest BCUT2D eigenvalue weighted by Gasteiger charge is 2.17. The second-order valence-electron chi connectivity index (χ2n) is 5.25. The van der Waals surface area contributed by atoms with Crippen LogP contribution in [0.3, 0.4) is 0 Å². The molecular weight excluding hydrogens is 274 g/mol. The third-order valence-electron chi connectivity index (χ3n) is 3.86. The van der Waals surface area contributed by atoms with Crippen molar-refractivity contribution in [3.05, 3.63) is 33.7 Å². The van der Waals surface area contributed by atoms with Crippen LogP contribution in [0.2, 0.25) is 0 Å². The van der Waals surface area contributed by atoms with Crippen molar-refractivity contribution < 1.29 is 4.79 Å². The Bertz CT molecular complexity index is 670. The summed E-state index contributed by atoms with van der Waals surface area (Å²) in [6, 6.07) is 0. The standard InChI is InChI=1S/C14H17N3O2S/c18-12(15-8-10-4-2-1-3-5-10)11-9-16-14-17(13(11)19)6-7-20-14/h6-7,9-10H,1-5,8H2,(H,15,18). The number of nitrogens with zero attached hydrogens (tertiary/aromatic N) is 2. The zero-order valence-electron chi connectivity index (χ0n) is 11.2. The second kappa shape index (κ2) is 5.75. The van der Waals surface area contributed by atoms with E-state index < -0.39 is 0 Å². The van der Waals surface area contributed by atoms with E-state index in [9.17, 15) is 9.59 Å². The number of thiazole rings is 1. The SMILES string of the molecule is O=C(NCC1CCCCC1)c1cnc2sccn2c1=O. The molecule has 1 saturated carbocycles. The lowest BCUT2D eigenvalue weighted by Gasteiger charge is -2.21. The van der Waals surface area contributed by atoms with Crippen LogP contribution in [-0.2, 0) is 0 Å². The quantitative estimate of drug-likeness (QED) is 0.941. The molecule has 1 N–H and O–H groups in total. The summed E-state index contributed by atoms with van der Waals surface area (Å²) >= 11 is 1.38. The first-order chi connectivity index (χ1) is 9.75. The number of fused-ring (bicyclic) bond motifs is 1. The van der Waals surface area contributed by atoms with E-state index in [2.05, 4.69) is 10.3 Å². The molecule has 0 bridgehead atoms. The van der Waals surface area contributed by atoms with Crippen molar-refractivity contribution in [1.82, 2.24) is 14.7 Å². The maximum atomic E-state index is 12.2. The van der Waals surface area contributed by atoms with Crippen LogP contribution in [0.5, 0.6) is 0 Å². The van der Waals surface area contributed by atoms with Crippen molar-refractivity contribution in [2.45, 2.75) is 32.1 Å². The molecular formula is C14H17N3O2S. The van der Waals surface area contributed by atoms with Crippen LogP contribution in [0.25, 0.3) is 4.96 Å². The van der Waals surface area contributed by atoms with Crippen LogP contribution in [0.15, 0.2) is 22.6 Å². The molecule has 5 nitrogen and oxygen atoms in total. The van der Waals surface area contributed by atoms with Gasteiger partial charge in [-0.1, -0.05) is 19.3 Å². The Kier molecular flexibility index (Phi) is 3.82. The van der Waals surface area contributed by atoms with Crippen molar-refractivity contribution in [2.24, 2.45) is 5.92 Å². The van der Waals surface area contributed by atoms with E-state index in [0.717, 1.165) is 0 Å². The maximum absolute atomic E-state index is 12.2. The van der Waals surface area contributed by atoms with Crippen molar-refractivity contribution in [3.63, 3.8) is 0 Å². The smallest absolute Gasteiger partial charge is 0.271 e. The third-order valence-corrected chi connectivity index (χ3v) is 4.63. The fourth-order valence-corrected chi connectivity index (χ4v) is 3.38. The van der Waals surface area contributed by atoms with Crippen molar-refractivity contribution >= 4 is 22.2 Å². The number of carbonyl (C=O) groups excluding carboxylic acids is 1. The molecule has 1 aliphatic carbocycles. The summed E-state index contributed by atoms with van der Waals surface area (Å²) in [6.45, 7) is 0.657. The molecule has 0 spiro atoms. The molecule has 1 fully saturated rings. The largest absolute Gasteiger partial charge is 0.352 e. The molecule has 0 aromatic carbocycles. The van der Waals surface area contributed by atoms with Gasteiger partial charge < -0.3 is 5.32 Å². The summed E-state index contributed by atoms with van der Waals surface area (Å²) in [7, 11) is 0. The topological polar surface area (TPSA) is 63.5 Å². The Morgan fingerprint density at radius 2 is 2.20 bits per heavy atom. The van der Waals surface area contributed by atoms with Gasteiger partial charge >= 0.3 is 0 Å². The van der Waals surface area contributed by atoms with Gasteiger partial charge in [0.1, 0.15) is 5.56 Å². The number of rotatable bonds is 3. The van der Waals surface area contributed by atoms with Gasteiger partial charge in [-0.25, -0.2) is 4.98 Å². The predicted molar refractivity (Wildman–Crippen MR) is 78.2 cm³/mol. The lowest BCUT2D eigenvalue weighted by Crippen LogP contribution is -2.34. The Labute approximate surface area is 120 Å². The lowest BCUT2D eigenvalue weighted by molar-refractivity contribution is 0.0941. The van der Waals surface area contributed by atoms with Gasteiger partial charge in [-0.05, 0) is 18.8 Å². The summed E-state index contributed by atoms with van der Waals surface area (Å²) in [5.74, 6) is 0.238. The third kappa shape index (κ3) is 2.60. The van der Waals surface area contributed by atoms with Crippen molar-refractivity contribution in [3.8, 4) is 0 Å². The van der Waals surface area contributed by atoms with Gasteiger partial charge in [0.05, 0.1) is 0 Å². The maximum Gasteiger partial charge on any atom is 0.271 e. The van der Waals surface area contributed by atoms with Crippen LogP contribution in [0, 0.1) is 5.92 Å². The summed E-state index contributed by atoms with van der Waals surface area (Å²) in [4.78, 5) is 29.0. The van der Waals surface area contributed by atoms with Crippen LogP contribution in [0.4, 0.5) is 0 Å². The number of hydrogen-bond donors (Lipinski definition) is 1. The van der Waals surface area contributed by atoms with Gasteiger partial charge in [0, 0.05) is 24.3 Å². The van der Waals surface area contributed by atoms with Crippen LogP contribution < -0.4 is 10.9 Å². The molecule has 2 heterocycles. The number of carbonyl (C=O) groups is 1. The van der Waals surface area contributed by atoms with E-state index in [1.165, 1.54) is 54.0 Å². The van der Waals surface area contributed by atoms with Crippen LogP contribution in [-0.4, -0.2) is 21.8 Å². The summed E-state index contributed by atoms with van der Waals surface area (Å²) in [6.07, 6.45) is 9.14. The highest BCUT2D eigenvalue weighted by atomic mass is 32.1. The first-order valence-corrected chi connectivity index (χ1v) is 7.87. The Balaban J connectivity index is 1.71. The number of hydrogen-bond acceptors (Lipinski definition) is 4. The minimum Gasteiger partial charge on any atom is -0.352 e. The zero-order valence-corrected chi connectivity index (χ0v) is 12.0. The van der Waals surface area contributed by atoms with Crippen molar-refractivity contribution in [2.75, 3.05) is 6.54 Å². The van der Waals surface area contributed by atoms with Gasteiger partial charge in [-0.2, -0.15) is 0 Å². The number of aromatic nitrogens is 2. The molecule has 20 heavy (non-hydrogen) atoms. The highest BCUT2D eigenvalue weighted by Crippen LogP contribution is 2.22. The fourth-order valence-electron chi connectivity index (χ4n) is 2.70. The first kappa shape index (κ1) is 13.3. The van der Waals surface area contributed by atoms with Gasteiger partial charge in [-0.3, -0.25) is 14.0 Å². The predicted octanol–water partition coefficient (Wildman–Crippen LogP) is 2.07. The van der Waals surface area contributed by atoms with Gasteiger partial charge in [0.25, 0.3) is 11.5 Å². The molecule has 3 rings (SSSR count). The minimum absolute atomic E-state index is 0.122. The molecule has 2 aromatic rings.